The zero-order valence-corrected chi connectivity index (χ0v) is 10.3. The fraction of sp³-hybridized carbons (Fsp3) is 0.154. The second kappa shape index (κ2) is 5.03. The number of nitrogens with one attached hydrogen (secondary N) is 1. The minimum atomic E-state index is 0.586. The standard InChI is InChI=1S/C13H14N6/c14-7-6-10-9-19-13(16-10)5-4-12(18-19)17-11-3-1-2-8-15-11/h1-5,8-9H,6-7,14H2,(H,15,17,18). The summed E-state index contributed by atoms with van der Waals surface area (Å²) in [5, 5.41) is 7.58. The Kier molecular flexibility index (Phi) is 3.07. The molecule has 0 aliphatic heterocycles. The summed E-state index contributed by atoms with van der Waals surface area (Å²) in [5.41, 5.74) is 7.29. The molecule has 0 saturated heterocycles. The second-order valence-corrected chi connectivity index (χ2v) is 4.13. The molecule has 6 nitrogen and oxygen atoms in total. The van der Waals surface area contributed by atoms with E-state index in [1.807, 2.05) is 36.5 Å². The SMILES string of the molecule is NCCc1cn2nc(Nc3ccccn3)ccc2n1. The average Bonchev–Trinajstić information content (AvgIpc) is 2.82. The molecule has 0 unspecified atom stereocenters. The number of nitrogens with two attached hydrogens (primary N) is 1. The van der Waals surface area contributed by atoms with E-state index in [4.69, 9.17) is 5.73 Å². The molecular formula is C13H14N6. The maximum Gasteiger partial charge on any atom is 0.153 e. The van der Waals surface area contributed by atoms with E-state index in [1.54, 1.807) is 10.7 Å². The highest BCUT2D eigenvalue weighted by atomic mass is 15.3. The average molecular weight is 254 g/mol. The van der Waals surface area contributed by atoms with Crippen LogP contribution in [0.1, 0.15) is 5.69 Å². The van der Waals surface area contributed by atoms with Gasteiger partial charge in [0, 0.05) is 12.6 Å². The highest BCUT2D eigenvalue weighted by molar-refractivity contribution is 5.53. The molecule has 0 amide bonds. The van der Waals surface area contributed by atoms with Crippen LogP contribution in [-0.2, 0) is 6.42 Å². The van der Waals surface area contributed by atoms with Crippen LogP contribution in [0, 0.1) is 0 Å². The predicted octanol–water partition coefficient (Wildman–Crippen LogP) is 1.37. The number of anilines is 2. The number of imidazole rings is 1. The molecule has 96 valence electrons. The molecule has 3 N–H and O–H groups in total. The van der Waals surface area contributed by atoms with Gasteiger partial charge in [0.05, 0.1) is 11.9 Å². The van der Waals surface area contributed by atoms with Crippen LogP contribution in [0.3, 0.4) is 0 Å². The quantitative estimate of drug-likeness (QED) is 0.735. The van der Waals surface area contributed by atoms with Crippen LogP contribution in [0.15, 0.2) is 42.7 Å². The topological polar surface area (TPSA) is 81.1 Å². The fourth-order valence-corrected chi connectivity index (χ4v) is 1.83. The Hall–Kier alpha value is -2.47. The molecule has 0 aliphatic rings. The molecule has 3 aromatic rings. The molecule has 0 bridgehead atoms. The van der Waals surface area contributed by atoms with Gasteiger partial charge in [-0.15, -0.1) is 5.10 Å². The summed E-state index contributed by atoms with van der Waals surface area (Å²) in [6.07, 6.45) is 4.38. The first-order valence-electron chi connectivity index (χ1n) is 6.08. The van der Waals surface area contributed by atoms with Crippen molar-refractivity contribution >= 4 is 17.3 Å². The van der Waals surface area contributed by atoms with Gasteiger partial charge in [-0.05, 0) is 30.8 Å². The molecular weight excluding hydrogens is 240 g/mol. The summed E-state index contributed by atoms with van der Waals surface area (Å²) in [5.74, 6) is 1.49. The Labute approximate surface area is 110 Å². The minimum absolute atomic E-state index is 0.586. The van der Waals surface area contributed by atoms with Crippen molar-refractivity contribution in [2.24, 2.45) is 5.73 Å². The van der Waals surface area contributed by atoms with Gasteiger partial charge in [-0.3, -0.25) is 0 Å². The molecule has 0 radical (unpaired) electrons. The van der Waals surface area contributed by atoms with Gasteiger partial charge in [-0.25, -0.2) is 14.5 Å². The van der Waals surface area contributed by atoms with Crippen molar-refractivity contribution in [2.75, 3.05) is 11.9 Å². The predicted molar refractivity (Wildman–Crippen MR) is 73.3 cm³/mol. The number of hydrogen-bond acceptors (Lipinski definition) is 5. The van der Waals surface area contributed by atoms with Crippen LogP contribution in [0.4, 0.5) is 11.6 Å². The van der Waals surface area contributed by atoms with E-state index in [0.29, 0.717) is 6.54 Å². The Morgan fingerprint density at radius 3 is 2.89 bits per heavy atom. The Morgan fingerprint density at radius 2 is 2.11 bits per heavy atom. The lowest BCUT2D eigenvalue weighted by molar-refractivity contribution is 0.916. The van der Waals surface area contributed by atoms with Crippen LogP contribution in [-0.4, -0.2) is 26.1 Å². The molecule has 3 aromatic heterocycles. The third-order valence-electron chi connectivity index (χ3n) is 2.69. The van der Waals surface area contributed by atoms with Crippen molar-refractivity contribution in [1.29, 1.82) is 0 Å². The van der Waals surface area contributed by atoms with Crippen LogP contribution in [0.2, 0.25) is 0 Å². The van der Waals surface area contributed by atoms with Crippen molar-refractivity contribution < 1.29 is 0 Å². The summed E-state index contributed by atoms with van der Waals surface area (Å²) >= 11 is 0. The maximum absolute atomic E-state index is 5.52. The molecule has 0 saturated carbocycles. The van der Waals surface area contributed by atoms with Crippen molar-refractivity contribution in [3.63, 3.8) is 0 Å². The highest BCUT2D eigenvalue weighted by Gasteiger charge is 2.03. The van der Waals surface area contributed by atoms with Crippen LogP contribution in [0.5, 0.6) is 0 Å². The van der Waals surface area contributed by atoms with Crippen molar-refractivity contribution in [1.82, 2.24) is 19.6 Å². The van der Waals surface area contributed by atoms with E-state index in [2.05, 4.69) is 20.4 Å². The van der Waals surface area contributed by atoms with Gasteiger partial charge in [0.1, 0.15) is 5.82 Å². The van der Waals surface area contributed by atoms with Gasteiger partial charge in [0.2, 0.25) is 0 Å². The summed E-state index contributed by atoms with van der Waals surface area (Å²) in [4.78, 5) is 8.62. The third-order valence-corrected chi connectivity index (χ3v) is 2.69. The lowest BCUT2D eigenvalue weighted by atomic mass is 10.3. The molecule has 19 heavy (non-hydrogen) atoms. The van der Waals surface area contributed by atoms with E-state index >= 15 is 0 Å². The van der Waals surface area contributed by atoms with Crippen molar-refractivity contribution in [3.8, 4) is 0 Å². The summed E-state index contributed by atoms with van der Waals surface area (Å²) in [6, 6.07) is 9.47. The summed E-state index contributed by atoms with van der Waals surface area (Å²) < 4.78 is 1.75. The van der Waals surface area contributed by atoms with Gasteiger partial charge < -0.3 is 11.1 Å². The van der Waals surface area contributed by atoms with Gasteiger partial charge in [-0.2, -0.15) is 0 Å². The van der Waals surface area contributed by atoms with E-state index in [1.165, 1.54) is 0 Å². The first kappa shape index (κ1) is 11.6. The molecule has 0 aromatic carbocycles. The Bertz CT molecular complexity index is 676. The first-order valence-corrected chi connectivity index (χ1v) is 6.08. The fourth-order valence-electron chi connectivity index (χ4n) is 1.83. The lowest BCUT2D eigenvalue weighted by Gasteiger charge is -2.03. The molecule has 0 atom stereocenters. The zero-order chi connectivity index (χ0) is 13.1. The smallest absolute Gasteiger partial charge is 0.153 e. The molecule has 0 fully saturated rings. The van der Waals surface area contributed by atoms with Crippen LogP contribution >= 0.6 is 0 Å². The number of aromatic nitrogens is 4. The third kappa shape index (κ3) is 2.53. The number of fused-ring (bicyclic) bond motifs is 1. The molecule has 0 aliphatic carbocycles. The van der Waals surface area contributed by atoms with Crippen LogP contribution < -0.4 is 11.1 Å². The van der Waals surface area contributed by atoms with E-state index in [-0.39, 0.29) is 0 Å². The highest BCUT2D eigenvalue weighted by Crippen LogP contribution is 2.12. The Morgan fingerprint density at radius 1 is 1.16 bits per heavy atom. The summed E-state index contributed by atoms with van der Waals surface area (Å²) in [6.45, 7) is 0.586. The van der Waals surface area contributed by atoms with Gasteiger partial charge in [0.15, 0.2) is 11.5 Å². The molecule has 6 heteroatoms. The summed E-state index contributed by atoms with van der Waals surface area (Å²) in [7, 11) is 0. The van der Waals surface area contributed by atoms with E-state index < -0.39 is 0 Å². The molecule has 0 spiro atoms. The van der Waals surface area contributed by atoms with Crippen LogP contribution in [0.25, 0.3) is 5.65 Å². The Balaban J connectivity index is 1.88. The number of hydrogen-bond donors (Lipinski definition) is 2. The van der Waals surface area contributed by atoms with E-state index in [9.17, 15) is 0 Å². The largest absolute Gasteiger partial charge is 0.330 e. The van der Waals surface area contributed by atoms with Crippen molar-refractivity contribution in [2.45, 2.75) is 6.42 Å². The number of pyridine rings is 1. The lowest BCUT2D eigenvalue weighted by Crippen LogP contribution is -2.02. The normalized spacial score (nSPS) is 10.8. The van der Waals surface area contributed by atoms with Crippen molar-refractivity contribution in [3.05, 3.63) is 48.4 Å². The zero-order valence-electron chi connectivity index (χ0n) is 10.3. The molecule has 3 heterocycles. The maximum atomic E-state index is 5.52. The second-order valence-electron chi connectivity index (χ2n) is 4.13. The minimum Gasteiger partial charge on any atom is -0.330 e. The number of rotatable bonds is 4. The monoisotopic (exact) mass is 254 g/mol. The first-order chi connectivity index (χ1) is 9.35. The van der Waals surface area contributed by atoms with E-state index in [0.717, 1.165) is 29.4 Å². The van der Waals surface area contributed by atoms with Gasteiger partial charge >= 0.3 is 0 Å². The molecule has 3 rings (SSSR count). The van der Waals surface area contributed by atoms with Gasteiger partial charge in [0.25, 0.3) is 0 Å². The van der Waals surface area contributed by atoms with Gasteiger partial charge in [-0.1, -0.05) is 6.07 Å². The number of nitrogens with zero attached hydrogens (tertiary/aromatic N) is 4.